The highest BCUT2D eigenvalue weighted by molar-refractivity contribution is 5.78. The van der Waals surface area contributed by atoms with E-state index in [1.165, 1.54) is 5.56 Å². The summed E-state index contributed by atoms with van der Waals surface area (Å²) in [5.74, 6) is -0.616. The lowest BCUT2D eigenvalue weighted by Crippen LogP contribution is -2.20. The zero-order chi connectivity index (χ0) is 13.7. The normalized spacial score (nSPS) is 10.9. The maximum Gasteiger partial charge on any atom is 0.218 e. The van der Waals surface area contributed by atoms with Gasteiger partial charge in [-0.2, -0.15) is 0 Å². The summed E-state index contributed by atoms with van der Waals surface area (Å²) in [5, 5.41) is 0. The third-order valence-corrected chi connectivity index (χ3v) is 2.97. The van der Waals surface area contributed by atoms with Gasteiger partial charge in [0.25, 0.3) is 0 Å². The fourth-order valence-corrected chi connectivity index (χ4v) is 1.95. The van der Waals surface area contributed by atoms with Crippen LogP contribution in [-0.4, -0.2) is 11.8 Å². The van der Waals surface area contributed by atoms with Crippen molar-refractivity contribution < 1.29 is 9.59 Å². The zero-order valence-corrected chi connectivity index (χ0v) is 10.8. The van der Waals surface area contributed by atoms with Crippen molar-refractivity contribution in [1.29, 1.82) is 0 Å². The number of hydrogen-bond donors (Lipinski definition) is 2. The van der Waals surface area contributed by atoms with E-state index in [1.54, 1.807) is 0 Å². The summed E-state index contributed by atoms with van der Waals surface area (Å²) in [6.45, 7) is 4.22. The molecule has 0 unspecified atom stereocenters. The van der Waals surface area contributed by atoms with Gasteiger partial charge in [0.05, 0.1) is 0 Å². The van der Waals surface area contributed by atoms with Crippen LogP contribution in [-0.2, 0) is 9.59 Å². The van der Waals surface area contributed by atoms with E-state index in [0.29, 0.717) is 5.92 Å². The number of amides is 2. The number of rotatable bonds is 6. The number of primary amides is 2. The van der Waals surface area contributed by atoms with Crippen LogP contribution < -0.4 is 11.5 Å². The Labute approximate surface area is 107 Å². The van der Waals surface area contributed by atoms with E-state index in [0.717, 1.165) is 5.56 Å². The minimum Gasteiger partial charge on any atom is -0.370 e. The first-order valence-electron chi connectivity index (χ1n) is 6.06. The average Bonchev–Trinajstić information content (AvgIpc) is 2.27. The van der Waals surface area contributed by atoms with Crippen molar-refractivity contribution >= 4 is 11.8 Å². The van der Waals surface area contributed by atoms with Crippen LogP contribution in [0.1, 0.15) is 49.7 Å². The lowest BCUT2D eigenvalue weighted by Gasteiger charge is -2.15. The molecule has 0 fully saturated rings. The lowest BCUT2D eigenvalue weighted by atomic mass is 9.90. The highest BCUT2D eigenvalue weighted by atomic mass is 16.1. The highest BCUT2D eigenvalue weighted by Crippen LogP contribution is 2.25. The monoisotopic (exact) mass is 248 g/mol. The van der Waals surface area contributed by atoms with Crippen molar-refractivity contribution in [2.75, 3.05) is 0 Å². The average molecular weight is 248 g/mol. The number of benzene rings is 1. The molecule has 0 saturated carbocycles. The first-order valence-corrected chi connectivity index (χ1v) is 6.06. The molecule has 2 amide bonds. The van der Waals surface area contributed by atoms with Crippen LogP contribution in [0.2, 0.25) is 0 Å². The summed E-state index contributed by atoms with van der Waals surface area (Å²) in [6, 6.07) is 7.89. The van der Waals surface area contributed by atoms with Gasteiger partial charge in [-0.25, -0.2) is 0 Å². The van der Waals surface area contributed by atoms with Crippen LogP contribution in [0.5, 0.6) is 0 Å². The Morgan fingerprint density at radius 1 is 0.944 bits per heavy atom. The Morgan fingerprint density at radius 2 is 1.33 bits per heavy atom. The second-order valence-electron chi connectivity index (χ2n) is 4.86. The molecule has 0 bridgehead atoms. The predicted octanol–water partition coefficient (Wildman–Crippen LogP) is 1.64. The molecule has 18 heavy (non-hydrogen) atoms. The van der Waals surface area contributed by atoms with Gasteiger partial charge in [0, 0.05) is 18.8 Å². The van der Waals surface area contributed by atoms with Crippen molar-refractivity contribution in [3.63, 3.8) is 0 Å². The molecule has 0 spiro atoms. The maximum absolute atomic E-state index is 11.0. The largest absolute Gasteiger partial charge is 0.370 e. The van der Waals surface area contributed by atoms with Gasteiger partial charge < -0.3 is 11.5 Å². The van der Waals surface area contributed by atoms with E-state index in [9.17, 15) is 9.59 Å². The van der Waals surface area contributed by atoms with Gasteiger partial charge in [-0.1, -0.05) is 38.1 Å². The molecule has 1 aromatic carbocycles. The van der Waals surface area contributed by atoms with Gasteiger partial charge >= 0.3 is 0 Å². The molecule has 0 saturated heterocycles. The Balaban J connectivity index is 2.90. The van der Waals surface area contributed by atoms with Gasteiger partial charge in [0.1, 0.15) is 0 Å². The van der Waals surface area contributed by atoms with Gasteiger partial charge in [0.2, 0.25) is 11.8 Å². The molecular formula is C14H20N2O2. The van der Waals surface area contributed by atoms with Crippen molar-refractivity contribution in [2.24, 2.45) is 11.5 Å². The highest BCUT2D eigenvalue weighted by Gasteiger charge is 2.17. The number of nitrogens with two attached hydrogens (primary N) is 2. The van der Waals surface area contributed by atoms with Crippen LogP contribution in [0.3, 0.4) is 0 Å². The Hall–Kier alpha value is -1.84. The molecule has 0 radical (unpaired) electrons. The minimum atomic E-state index is -0.422. The zero-order valence-electron chi connectivity index (χ0n) is 10.8. The molecule has 0 aliphatic rings. The second-order valence-corrected chi connectivity index (χ2v) is 4.86. The molecule has 0 heterocycles. The molecule has 4 heteroatoms. The van der Waals surface area contributed by atoms with E-state index in [2.05, 4.69) is 13.8 Å². The summed E-state index contributed by atoms with van der Waals surface area (Å²) in [6.07, 6.45) is 0.286. The summed E-state index contributed by atoms with van der Waals surface area (Å²) in [4.78, 5) is 22.0. The Bertz CT molecular complexity index is 408. The van der Waals surface area contributed by atoms with Crippen LogP contribution in [0, 0.1) is 0 Å². The third kappa shape index (κ3) is 4.20. The van der Waals surface area contributed by atoms with Gasteiger partial charge in [-0.15, -0.1) is 0 Å². The molecule has 4 N–H and O–H groups in total. The Kier molecular flexibility index (Phi) is 4.89. The predicted molar refractivity (Wildman–Crippen MR) is 70.9 cm³/mol. The standard InChI is InChI=1S/C14H20N2O2/c1-9(2)10-3-5-11(6-4-10)12(7-13(15)17)8-14(16)18/h3-6,9,12H,7-8H2,1-2H3,(H2,15,17)(H2,16,18). The van der Waals surface area contributed by atoms with Crippen molar-refractivity contribution in [2.45, 2.75) is 38.5 Å². The lowest BCUT2D eigenvalue weighted by molar-refractivity contribution is -0.119. The molecule has 4 nitrogen and oxygen atoms in total. The molecule has 0 atom stereocenters. The summed E-state index contributed by atoms with van der Waals surface area (Å²) in [5.41, 5.74) is 12.5. The first-order chi connectivity index (χ1) is 8.40. The Morgan fingerprint density at radius 3 is 1.67 bits per heavy atom. The first kappa shape index (κ1) is 14.2. The SMILES string of the molecule is CC(C)c1ccc(C(CC(N)=O)CC(N)=O)cc1. The van der Waals surface area contributed by atoms with Crippen molar-refractivity contribution in [3.8, 4) is 0 Å². The topological polar surface area (TPSA) is 86.2 Å². The van der Waals surface area contributed by atoms with Crippen LogP contribution in [0.4, 0.5) is 0 Å². The molecule has 0 aliphatic carbocycles. The van der Waals surface area contributed by atoms with Crippen LogP contribution >= 0.6 is 0 Å². The van der Waals surface area contributed by atoms with E-state index in [-0.39, 0.29) is 18.8 Å². The minimum absolute atomic E-state index is 0.143. The molecule has 0 aliphatic heterocycles. The third-order valence-electron chi connectivity index (χ3n) is 2.97. The summed E-state index contributed by atoms with van der Waals surface area (Å²) in [7, 11) is 0. The molecule has 0 aromatic heterocycles. The van der Waals surface area contributed by atoms with Gasteiger partial charge in [0.15, 0.2) is 0 Å². The molecular weight excluding hydrogens is 228 g/mol. The number of carbonyl (C=O) groups is 2. The summed E-state index contributed by atoms with van der Waals surface area (Å²) >= 11 is 0. The van der Waals surface area contributed by atoms with E-state index >= 15 is 0 Å². The molecule has 98 valence electrons. The molecule has 1 rings (SSSR count). The van der Waals surface area contributed by atoms with E-state index < -0.39 is 11.8 Å². The smallest absolute Gasteiger partial charge is 0.218 e. The maximum atomic E-state index is 11.0. The fraction of sp³-hybridized carbons (Fsp3) is 0.429. The quantitative estimate of drug-likeness (QED) is 0.801. The van der Waals surface area contributed by atoms with Gasteiger partial charge in [-0.3, -0.25) is 9.59 Å². The second kappa shape index (κ2) is 6.19. The van der Waals surface area contributed by atoms with Crippen molar-refractivity contribution in [3.05, 3.63) is 35.4 Å². The molecule has 1 aromatic rings. The summed E-state index contributed by atoms with van der Waals surface area (Å²) < 4.78 is 0. The fourth-order valence-electron chi connectivity index (χ4n) is 1.95. The van der Waals surface area contributed by atoms with Crippen LogP contribution in [0.15, 0.2) is 24.3 Å². The van der Waals surface area contributed by atoms with E-state index in [4.69, 9.17) is 11.5 Å². The number of carbonyl (C=O) groups excluding carboxylic acids is 2. The van der Waals surface area contributed by atoms with Crippen molar-refractivity contribution in [1.82, 2.24) is 0 Å². The van der Waals surface area contributed by atoms with Gasteiger partial charge in [-0.05, 0) is 17.0 Å². The van der Waals surface area contributed by atoms with Crippen LogP contribution in [0.25, 0.3) is 0 Å². The van der Waals surface area contributed by atoms with E-state index in [1.807, 2.05) is 24.3 Å². The number of hydrogen-bond acceptors (Lipinski definition) is 2.